The Labute approximate surface area is 360 Å². The van der Waals surface area contributed by atoms with Crippen molar-refractivity contribution < 1.29 is 36.7 Å². The Morgan fingerprint density at radius 2 is 1.79 bits per heavy atom. The highest BCUT2D eigenvalue weighted by Gasteiger charge is 2.61. The number of aromatic nitrogens is 3. The summed E-state index contributed by atoms with van der Waals surface area (Å²) in [5.74, 6) is -1.28. The average molecular weight is 859 g/mol. The van der Waals surface area contributed by atoms with Gasteiger partial charge in [0.15, 0.2) is 17.2 Å². The molecule has 5 aromatic rings. The molecule has 5 atom stereocenters. The summed E-state index contributed by atoms with van der Waals surface area (Å²) in [7, 11) is -3.88. The molecule has 3 aromatic heterocycles. The molecule has 3 fully saturated rings. The van der Waals surface area contributed by atoms with Gasteiger partial charge in [0.1, 0.15) is 22.9 Å². The molecule has 2 amide bonds. The molecule has 62 heavy (non-hydrogen) atoms. The number of pyridine rings is 1. The number of nitrogens with zero attached hydrogens (tertiary/aromatic N) is 5. The molecule has 2 aromatic carbocycles. The number of benzene rings is 2. The van der Waals surface area contributed by atoms with Gasteiger partial charge in [0.25, 0.3) is 5.88 Å². The fraction of sp³-hybridized carbons (Fsp3) is 0.426. The van der Waals surface area contributed by atoms with Crippen LogP contribution >= 0.6 is 0 Å². The maximum atomic E-state index is 15.0. The third kappa shape index (κ3) is 8.53. The van der Waals surface area contributed by atoms with Gasteiger partial charge in [-0.15, -0.1) is 6.58 Å². The number of sulfonamides is 1. The number of amides is 2. The van der Waals surface area contributed by atoms with Gasteiger partial charge in [-0.1, -0.05) is 39.0 Å². The quantitative estimate of drug-likeness (QED) is 0.105. The van der Waals surface area contributed by atoms with Crippen LogP contribution in [0, 0.1) is 34.0 Å². The van der Waals surface area contributed by atoms with Gasteiger partial charge in [-0.05, 0) is 105 Å². The molecular weight excluding hydrogens is 809 g/mol. The van der Waals surface area contributed by atoms with Crippen molar-refractivity contribution in [2.75, 3.05) is 6.54 Å². The summed E-state index contributed by atoms with van der Waals surface area (Å²) in [5.41, 5.74) is 1.81. The Balaban J connectivity index is 1.14. The third-order valence-corrected chi connectivity index (χ3v) is 14.0. The number of rotatable bonds is 15. The molecule has 0 radical (unpaired) electrons. The van der Waals surface area contributed by atoms with Gasteiger partial charge in [0, 0.05) is 30.5 Å². The van der Waals surface area contributed by atoms with Gasteiger partial charge in [0.2, 0.25) is 27.4 Å². The van der Waals surface area contributed by atoms with Crippen LogP contribution in [0.4, 0.5) is 0 Å². The third-order valence-electron chi connectivity index (χ3n) is 12.1. The molecule has 1 saturated heterocycles. The van der Waals surface area contributed by atoms with Crippen LogP contribution in [0.2, 0.25) is 0 Å². The van der Waals surface area contributed by atoms with Crippen LogP contribution in [0.5, 0.6) is 11.6 Å². The lowest BCUT2D eigenvalue weighted by atomic mass is 9.76. The largest absolute Gasteiger partial charge is 0.491 e. The second-order valence-corrected chi connectivity index (χ2v) is 20.1. The molecule has 2 aliphatic carbocycles. The minimum atomic E-state index is -3.88. The molecule has 0 spiro atoms. The van der Waals surface area contributed by atoms with E-state index in [0.29, 0.717) is 58.6 Å². The first-order valence-corrected chi connectivity index (χ1v) is 22.5. The number of nitrogens with one attached hydrogen (secondary N) is 1. The van der Waals surface area contributed by atoms with Crippen LogP contribution in [-0.2, 0) is 30.8 Å². The first-order valence-electron chi connectivity index (χ1n) is 21.0. The lowest BCUT2D eigenvalue weighted by Gasteiger charge is -2.35. The Morgan fingerprint density at radius 1 is 1.06 bits per heavy atom. The summed E-state index contributed by atoms with van der Waals surface area (Å²) in [6.07, 6.45) is 3.76. The maximum Gasteiger partial charge on any atom is 0.262 e. The first-order chi connectivity index (χ1) is 29.5. The summed E-state index contributed by atoms with van der Waals surface area (Å²) in [5, 5.41) is 8.76. The number of likely N-dealkylation sites (tertiary alicyclic amines) is 1. The zero-order valence-corrected chi connectivity index (χ0v) is 36.3. The molecule has 14 nitrogen and oxygen atoms in total. The standard InChI is InChI=1S/C47H50N6O8S/c1-7-31-23-47(31,45(56)52-62(57,58)34-18-19-34)24-37(54)36-22-33(26-53(36)44(55)35(46(4,5)6)21-28-10-12-29(25-48)13-11-28)60-43-41-40(39-38(61-41)9-8-20-49-39)50-42(51-43)30-14-16-32(17-15-30)59-27(2)3/h7-17,20,27,31,33-36H,1,18-19,21-24,26H2,2-6H3,(H,52,56)/t31-,33-,35-,36+,47-/m1/s1. The van der Waals surface area contributed by atoms with E-state index in [0.717, 1.165) is 5.56 Å². The van der Waals surface area contributed by atoms with Crippen molar-refractivity contribution in [3.05, 3.63) is 90.6 Å². The normalized spacial score (nSPS) is 21.7. The minimum Gasteiger partial charge on any atom is -0.491 e. The van der Waals surface area contributed by atoms with E-state index in [2.05, 4.69) is 22.4 Å². The van der Waals surface area contributed by atoms with Crippen LogP contribution in [0.1, 0.15) is 77.8 Å². The smallest absolute Gasteiger partial charge is 0.262 e. The highest BCUT2D eigenvalue weighted by atomic mass is 32.2. The van der Waals surface area contributed by atoms with E-state index in [1.807, 2.05) is 71.0 Å². The number of carbonyl (C=O) groups excluding carboxylic acids is 3. The summed E-state index contributed by atoms with van der Waals surface area (Å²) in [6, 6.07) is 19.1. The molecule has 8 rings (SSSR count). The molecule has 1 N–H and O–H groups in total. The lowest BCUT2D eigenvalue weighted by molar-refractivity contribution is -0.144. The van der Waals surface area contributed by atoms with Crippen molar-refractivity contribution in [3.63, 3.8) is 0 Å². The first kappa shape index (κ1) is 42.5. The molecule has 0 bridgehead atoms. The van der Waals surface area contributed by atoms with Crippen molar-refractivity contribution in [2.45, 2.75) is 96.6 Å². The number of ketones is 1. The van der Waals surface area contributed by atoms with Gasteiger partial charge >= 0.3 is 0 Å². The van der Waals surface area contributed by atoms with E-state index >= 15 is 4.79 Å². The fourth-order valence-electron chi connectivity index (χ4n) is 8.42. The van der Waals surface area contributed by atoms with E-state index in [4.69, 9.17) is 23.9 Å². The summed E-state index contributed by atoms with van der Waals surface area (Å²) >= 11 is 0. The Morgan fingerprint density at radius 3 is 2.42 bits per heavy atom. The second-order valence-electron chi connectivity index (χ2n) is 18.1. The van der Waals surface area contributed by atoms with E-state index < -0.39 is 56.0 Å². The summed E-state index contributed by atoms with van der Waals surface area (Å²) in [6.45, 7) is 13.7. The van der Waals surface area contributed by atoms with Crippen LogP contribution in [0.3, 0.4) is 0 Å². The highest BCUT2D eigenvalue weighted by Crippen LogP contribution is 2.57. The molecule has 15 heteroatoms. The SMILES string of the molecule is C=C[C@@H]1C[C@]1(CC(=O)[C@@H]1C[C@@H](Oc2nc(-c3ccc(OC(C)C)cc3)nc3c2oc2cccnc23)CN1C(=O)[C@@H](Cc1ccc(C#N)cc1)C(C)(C)C)C(=O)NS(=O)(=O)C1CC1. The monoisotopic (exact) mass is 858 g/mol. The van der Waals surface area contributed by atoms with Gasteiger partial charge in [-0.2, -0.15) is 10.2 Å². The van der Waals surface area contributed by atoms with Crippen molar-refractivity contribution in [3.8, 4) is 29.1 Å². The van der Waals surface area contributed by atoms with Crippen molar-refractivity contribution in [2.24, 2.45) is 22.7 Å². The maximum absolute atomic E-state index is 15.0. The molecule has 0 unspecified atom stereocenters. The van der Waals surface area contributed by atoms with E-state index in [9.17, 15) is 23.3 Å². The average Bonchev–Trinajstić information content (AvgIpc) is 4.14. The van der Waals surface area contributed by atoms with Crippen LogP contribution < -0.4 is 14.2 Å². The second kappa shape index (κ2) is 16.3. The van der Waals surface area contributed by atoms with Crippen molar-refractivity contribution in [1.29, 1.82) is 5.26 Å². The number of hydrogen-bond donors (Lipinski definition) is 1. The van der Waals surface area contributed by atoms with Gasteiger partial charge in [-0.3, -0.25) is 24.1 Å². The number of furan rings is 1. The van der Waals surface area contributed by atoms with E-state index in [1.54, 1.807) is 41.4 Å². The Bertz CT molecular complexity index is 2720. The number of allylic oxidation sites excluding steroid dienone is 1. The van der Waals surface area contributed by atoms with Gasteiger partial charge in [-0.25, -0.2) is 13.4 Å². The molecular formula is C47H50N6O8S. The molecule has 3 aliphatic rings. The van der Waals surface area contributed by atoms with Crippen LogP contribution in [-0.4, -0.2) is 75.9 Å². The number of nitriles is 1. The summed E-state index contributed by atoms with van der Waals surface area (Å²) < 4.78 is 46.8. The number of ether oxygens (including phenoxy) is 2. The molecule has 4 heterocycles. The predicted molar refractivity (Wildman–Crippen MR) is 231 cm³/mol. The number of Topliss-reactive ketones (excluding diaryl/α,β-unsaturated/α-hetero) is 1. The molecule has 2 saturated carbocycles. The predicted octanol–water partition coefficient (Wildman–Crippen LogP) is 7.11. The zero-order chi connectivity index (χ0) is 44.1. The lowest BCUT2D eigenvalue weighted by Crippen LogP contribution is -2.48. The van der Waals surface area contributed by atoms with E-state index in [-0.39, 0.29) is 55.1 Å². The topological polar surface area (TPSA) is 195 Å². The van der Waals surface area contributed by atoms with E-state index in [1.165, 1.54) is 0 Å². The van der Waals surface area contributed by atoms with Gasteiger partial charge in [0.05, 0.1) is 41.0 Å². The fourth-order valence-corrected chi connectivity index (χ4v) is 9.80. The zero-order valence-electron chi connectivity index (χ0n) is 35.5. The number of fused-ring (bicyclic) bond motifs is 3. The van der Waals surface area contributed by atoms with Crippen molar-refractivity contribution in [1.82, 2.24) is 24.6 Å². The number of hydrogen-bond acceptors (Lipinski definition) is 12. The Hall–Kier alpha value is -6.14. The number of carbonyl (C=O) groups is 3. The molecule has 1 aliphatic heterocycles. The summed E-state index contributed by atoms with van der Waals surface area (Å²) in [4.78, 5) is 59.3. The Kier molecular flexibility index (Phi) is 11.2. The van der Waals surface area contributed by atoms with Crippen LogP contribution in [0.25, 0.3) is 33.6 Å². The minimum absolute atomic E-state index is 0.00980. The van der Waals surface area contributed by atoms with Crippen molar-refractivity contribution >= 4 is 49.8 Å². The molecule has 322 valence electrons. The van der Waals surface area contributed by atoms with Crippen LogP contribution in [0.15, 0.2) is 83.9 Å². The highest BCUT2D eigenvalue weighted by molar-refractivity contribution is 7.90. The van der Waals surface area contributed by atoms with Gasteiger partial charge < -0.3 is 18.8 Å².